The van der Waals surface area contributed by atoms with Gasteiger partial charge in [0.1, 0.15) is 0 Å². The standard InChI is InChI=1S/C23H24/c1-2-3-6-11-19-16-17-22(18-19)23(20-12-7-4-8-13-20)21-14-9-5-10-15-21/h4-5,7-10,12-18H,2-3,6,11H2,1H3. The molecule has 116 valence electrons. The predicted octanol–water partition coefficient (Wildman–Crippen LogP) is 6.57. The van der Waals surface area contributed by atoms with E-state index < -0.39 is 0 Å². The highest BCUT2D eigenvalue weighted by molar-refractivity contribution is 5.86. The quantitative estimate of drug-likeness (QED) is 0.529. The molecule has 0 heteroatoms. The van der Waals surface area contributed by atoms with Gasteiger partial charge in [0.15, 0.2) is 0 Å². The fourth-order valence-corrected chi connectivity index (χ4v) is 3.09. The zero-order valence-electron chi connectivity index (χ0n) is 13.8. The van der Waals surface area contributed by atoms with Gasteiger partial charge in [0, 0.05) is 0 Å². The lowest BCUT2D eigenvalue weighted by Gasteiger charge is -2.11. The van der Waals surface area contributed by atoms with Crippen LogP contribution in [0.15, 0.2) is 90.0 Å². The topological polar surface area (TPSA) is 0 Å². The Morgan fingerprint density at radius 2 is 1.35 bits per heavy atom. The highest BCUT2D eigenvalue weighted by Gasteiger charge is 2.12. The van der Waals surface area contributed by atoms with E-state index in [2.05, 4.69) is 85.8 Å². The Balaban J connectivity index is 1.98. The van der Waals surface area contributed by atoms with Gasteiger partial charge in [-0.15, -0.1) is 0 Å². The highest BCUT2D eigenvalue weighted by Crippen LogP contribution is 2.32. The molecule has 0 unspecified atom stereocenters. The summed E-state index contributed by atoms with van der Waals surface area (Å²) < 4.78 is 0. The molecule has 0 spiro atoms. The smallest absolute Gasteiger partial charge is 0.00388 e. The second kappa shape index (κ2) is 7.78. The van der Waals surface area contributed by atoms with Crippen LogP contribution in [-0.4, -0.2) is 0 Å². The molecule has 0 saturated heterocycles. The summed E-state index contributed by atoms with van der Waals surface area (Å²) >= 11 is 0. The van der Waals surface area contributed by atoms with E-state index >= 15 is 0 Å². The number of rotatable bonds is 6. The van der Waals surface area contributed by atoms with Crippen molar-refractivity contribution in [2.24, 2.45) is 0 Å². The molecule has 1 aliphatic carbocycles. The number of hydrogen-bond acceptors (Lipinski definition) is 0. The minimum absolute atomic E-state index is 1.19. The summed E-state index contributed by atoms with van der Waals surface area (Å²) in [6.07, 6.45) is 12.0. The monoisotopic (exact) mass is 300 g/mol. The molecule has 1 aliphatic rings. The van der Waals surface area contributed by atoms with Gasteiger partial charge in [-0.3, -0.25) is 0 Å². The van der Waals surface area contributed by atoms with Crippen molar-refractivity contribution in [3.63, 3.8) is 0 Å². The van der Waals surface area contributed by atoms with E-state index in [1.807, 2.05) is 0 Å². The normalized spacial score (nSPS) is 13.3. The summed E-state index contributed by atoms with van der Waals surface area (Å²) in [5.41, 5.74) is 6.67. The van der Waals surface area contributed by atoms with E-state index in [9.17, 15) is 0 Å². The van der Waals surface area contributed by atoms with Gasteiger partial charge in [0.25, 0.3) is 0 Å². The minimum atomic E-state index is 1.19. The van der Waals surface area contributed by atoms with E-state index in [0.717, 1.165) is 0 Å². The van der Waals surface area contributed by atoms with Crippen LogP contribution in [0.3, 0.4) is 0 Å². The molecule has 0 N–H and O–H groups in total. The molecule has 2 aromatic carbocycles. The van der Waals surface area contributed by atoms with Crippen molar-refractivity contribution in [2.75, 3.05) is 0 Å². The summed E-state index contributed by atoms with van der Waals surface area (Å²) in [5, 5.41) is 0. The van der Waals surface area contributed by atoms with Crippen LogP contribution in [0.5, 0.6) is 0 Å². The summed E-state index contributed by atoms with van der Waals surface area (Å²) in [6, 6.07) is 21.4. The lowest BCUT2D eigenvalue weighted by molar-refractivity contribution is 0.720. The first-order valence-electron chi connectivity index (χ1n) is 8.62. The van der Waals surface area contributed by atoms with Gasteiger partial charge in [0.05, 0.1) is 0 Å². The van der Waals surface area contributed by atoms with Crippen LogP contribution in [0.4, 0.5) is 0 Å². The average Bonchev–Trinajstić information content (AvgIpc) is 3.06. The fraction of sp³-hybridized carbons (Fsp3) is 0.217. The molecule has 0 amide bonds. The van der Waals surface area contributed by atoms with Crippen LogP contribution in [0, 0.1) is 0 Å². The molecule has 0 bridgehead atoms. The van der Waals surface area contributed by atoms with Crippen molar-refractivity contribution < 1.29 is 0 Å². The van der Waals surface area contributed by atoms with Gasteiger partial charge in [0.2, 0.25) is 0 Å². The Morgan fingerprint density at radius 3 is 1.91 bits per heavy atom. The molecule has 0 atom stereocenters. The lowest BCUT2D eigenvalue weighted by Crippen LogP contribution is -1.90. The molecular weight excluding hydrogens is 276 g/mol. The molecule has 0 saturated carbocycles. The first-order valence-corrected chi connectivity index (χ1v) is 8.62. The average molecular weight is 300 g/mol. The van der Waals surface area contributed by atoms with E-state index in [4.69, 9.17) is 0 Å². The van der Waals surface area contributed by atoms with Gasteiger partial charge < -0.3 is 0 Å². The maximum atomic E-state index is 2.37. The van der Waals surface area contributed by atoms with Crippen LogP contribution in [0.1, 0.15) is 43.7 Å². The molecule has 0 aliphatic heterocycles. The SMILES string of the molecule is CCCCCC1=CC(=C(c2ccccc2)c2ccccc2)C=C1. The highest BCUT2D eigenvalue weighted by atomic mass is 14.2. The summed E-state index contributed by atoms with van der Waals surface area (Å²) in [6.45, 7) is 2.26. The molecule has 0 fully saturated rings. The van der Waals surface area contributed by atoms with E-state index in [1.165, 1.54) is 53.5 Å². The number of allylic oxidation sites excluding steroid dienone is 5. The fourth-order valence-electron chi connectivity index (χ4n) is 3.09. The van der Waals surface area contributed by atoms with Crippen LogP contribution in [-0.2, 0) is 0 Å². The van der Waals surface area contributed by atoms with E-state index in [0.29, 0.717) is 0 Å². The van der Waals surface area contributed by atoms with Gasteiger partial charge in [-0.2, -0.15) is 0 Å². The predicted molar refractivity (Wildman–Crippen MR) is 100 cm³/mol. The Labute approximate surface area is 139 Å². The lowest BCUT2D eigenvalue weighted by atomic mass is 9.93. The molecule has 23 heavy (non-hydrogen) atoms. The maximum absolute atomic E-state index is 2.37. The Kier molecular flexibility index (Phi) is 5.26. The second-order valence-electron chi connectivity index (χ2n) is 6.07. The first kappa shape index (κ1) is 15.6. The molecule has 0 heterocycles. The second-order valence-corrected chi connectivity index (χ2v) is 6.07. The molecule has 2 aromatic rings. The van der Waals surface area contributed by atoms with Crippen molar-refractivity contribution >= 4 is 5.57 Å². The zero-order valence-corrected chi connectivity index (χ0v) is 13.8. The van der Waals surface area contributed by atoms with E-state index in [1.54, 1.807) is 0 Å². The largest absolute Gasteiger partial charge is 0.0654 e. The van der Waals surface area contributed by atoms with Gasteiger partial charge in [-0.25, -0.2) is 0 Å². The summed E-state index contributed by atoms with van der Waals surface area (Å²) in [7, 11) is 0. The van der Waals surface area contributed by atoms with Crippen molar-refractivity contribution in [3.8, 4) is 0 Å². The van der Waals surface area contributed by atoms with Crippen molar-refractivity contribution in [2.45, 2.75) is 32.6 Å². The Bertz CT molecular complexity index is 674. The molecule has 0 aromatic heterocycles. The third kappa shape index (κ3) is 3.90. The molecular formula is C23H24. The zero-order chi connectivity index (χ0) is 15.9. The van der Waals surface area contributed by atoms with Crippen LogP contribution >= 0.6 is 0 Å². The molecule has 3 rings (SSSR count). The van der Waals surface area contributed by atoms with Crippen LogP contribution < -0.4 is 0 Å². The molecule has 0 radical (unpaired) electrons. The number of benzene rings is 2. The van der Waals surface area contributed by atoms with Gasteiger partial charge >= 0.3 is 0 Å². The summed E-state index contributed by atoms with van der Waals surface area (Å²) in [4.78, 5) is 0. The van der Waals surface area contributed by atoms with Crippen molar-refractivity contribution in [1.82, 2.24) is 0 Å². The molecule has 0 nitrogen and oxygen atoms in total. The van der Waals surface area contributed by atoms with Gasteiger partial charge in [-0.05, 0) is 40.7 Å². The van der Waals surface area contributed by atoms with Crippen LogP contribution in [0.25, 0.3) is 5.57 Å². The number of unbranched alkanes of at least 4 members (excludes halogenated alkanes) is 2. The maximum Gasteiger partial charge on any atom is -0.00388 e. The van der Waals surface area contributed by atoms with Crippen LogP contribution in [0.2, 0.25) is 0 Å². The third-order valence-electron chi connectivity index (χ3n) is 4.30. The van der Waals surface area contributed by atoms with Gasteiger partial charge in [-0.1, -0.05) is 98.7 Å². The Morgan fingerprint density at radius 1 is 0.739 bits per heavy atom. The number of hydrogen-bond donors (Lipinski definition) is 0. The summed E-state index contributed by atoms with van der Waals surface area (Å²) in [5.74, 6) is 0. The first-order chi connectivity index (χ1) is 11.4. The Hall–Kier alpha value is -2.34. The van der Waals surface area contributed by atoms with E-state index in [-0.39, 0.29) is 0 Å². The third-order valence-corrected chi connectivity index (χ3v) is 4.30. The van der Waals surface area contributed by atoms with Crippen molar-refractivity contribution in [1.29, 1.82) is 0 Å². The van der Waals surface area contributed by atoms with Crippen molar-refractivity contribution in [3.05, 3.63) is 101 Å². The minimum Gasteiger partial charge on any atom is -0.0654 e.